The molecule has 0 radical (unpaired) electrons. The van der Waals surface area contributed by atoms with Gasteiger partial charge in [0.05, 0.1) is 11.9 Å². The highest BCUT2D eigenvalue weighted by molar-refractivity contribution is 5.87. The van der Waals surface area contributed by atoms with E-state index in [2.05, 4.69) is 10.4 Å². The number of aromatic nitrogens is 2. The van der Waals surface area contributed by atoms with E-state index >= 15 is 0 Å². The van der Waals surface area contributed by atoms with Crippen LogP contribution in [0.4, 0.5) is 10.1 Å². The maximum Gasteiger partial charge on any atom is 0.251 e. The minimum Gasteiger partial charge on any atom is -0.503 e. The minimum absolute atomic E-state index is 0.0814. The summed E-state index contributed by atoms with van der Waals surface area (Å²) in [5.74, 6) is -1.13. The SMILES string of the molecule is N=C/C=C(\Nc1ccccc1)c1nn(-c2ccccc2F)cc(O)c1=O. The van der Waals surface area contributed by atoms with Crippen molar-refractivity contribution in [3.63, 3.8) is 0 Å². The van der Waals surface area contributed by atoms with Gasteiger partial charge in [0.15, 0.2) is 11.4 Å². The zero-order chi connectivity index (χ0) is 18.5. The number of benzene rings is 2. The van der Waals surface area contributed by atoms with Crippen LogP contribution in [-0.2, 0) is 0 Å². The van der Waals surface area contributed by atoms with Crippen molar-refractivity contribution < 1.29 is 9.50 Å². The Morgan fingerprint density at radius 2 is 1.85 bits per heavy atom. The van der Waals surface area contributed by atoms with Gasteiger partial charge in [0.2, 0.25) is 0 Å². The zero-order valence-corrected chi connectivity index (χ0v) is 13.6. The Labute approximate surface area is 148 Å². The molecule has 0 aliphatic heterocycles. The lowest BCUT2D eigenvalue weighted by Crippen LogP contribution is -2.19. The maximum absolute atomic E-state index is 14.0. The molecule has 0 aliphatic rings. The second-order valence-corrected chi connectivity index (χ2v) is 5.33. The van der Waals surface area contributed by atoms with E-state index in [1.165, 1.54) is 24.3 Å². The number of aromatic hydroxyl groups is 1. The van der Waals surface area contributed by atoms with E-state index in [0.717, 1.165) is 17.1 Å². The van der Waals surface area contributed by atoms with E-state index in [9.17, 15) is 14.3 Å². The van der Waals surface area contributed by atoms with Crippen molar-refractivity contribution in [3.8, 4) is 11.4 Å². The Hall–Kier alpha value is -3.74. The Bertz CT molecular complexity index is 1030. The molecule has 3 N–H and O–H groups in total. The number of hydrogen-bond acceptors (Lipinski definition) is 5. The molecule has 0 fully saturated rings. The third-order valence-electron chi connectivity index (χ3n) is 3.56. The van der Waals surface area contributed by atoms with Gasteiger partial charge in [0, 0.05) is 11.9 Å². The number of para-hydroxylation sites is 2. The van der Waals surface area contributed by atoms with E-state index in [1.54, 1.807) is 30.3 Å². The molecule has 1 aromatic heterocycles. The summed E-state index contributed by atoms with van der Waals surface area (Å²) in [4.78, 5) is 12.4. The van der Waals surface area contributed by atoms with Gasteiger partial charge in [-0.05, 0) is 30.3 Å². The molecule has 0 unspecified atom stereocenters. The number of rotatable bonds is 5. The largest absolute Gasteiger partial charge is 0.503 e. The summed E-state index contributed by atoms with van der Waals surface area (Å²) in [5, 5.41) is 24.5. The molecule has 6 nitrogen and oxygen atoms in total. The van der Waals surface area contributed by atoms with Crippen LogP contribution in [0.15, 0.2) is 71.7 Å². The molecule has 0 atom stereocenters. The standard InChI is InChI=1S/C19H15FN4O2/c20-14-8-4-5-9-16(14)24-12-17(25)19(26)18(23-24)15(10-11-21)22-13-6-2-1-3-7-13/h1-12,21-22,25H/b15-10-,21-11?. The van der Waals surface area contributed by atoms with Gasteiger partial charge in [0.1, 0.15) is 11.5 Å². The van der Waals surface area contributed by atoms with E-state index < -0.39 is 17.0 Å². The first kappa shape index (κ1) is 17.1. The fourth-order valence-corrected chi connectivity index (χ4v) is 2.36. The first-order valence-electron chi connectivity index (χ1n) is 7.71. The van der Waals surface area contributed by atoms with Crippen LogP contribution in [0.25, 0.3) is 11.4 Å². The monoisotopic (exact) mass is 350 g/mol. The van der Waals surface area contributed by atoms with Crippen LogP contribution in [0, 0.1) is 11.2 Å². The second kappa shape index (κ2) is 7.43. The molecular weight excluding hydrogens is 335 g/mol. The minimum atomic E-state index is -0.728. The highest BCUT2D eigenvalue weighted by Gasteiger charge is 2.15. The third kappa shape index (κ3) is 3.51. The van der Waals surface area contributed by atoms with Crippen LogP contribution in [-0.4, -0.2) is 21.1 Å². The van der Waals surface area contributed by atoms with Crippen LogP contribution < -0.4 is 10.7 Å². The van der Waals surface area contributed by atoms with Crippen molar-refractivity contribution in [3.05, 3.63) is 88.6 Å². The summed E-state index contributed by atoms with van der Waals surface area (Å²) in [7, 11) is 0. The summed E-state index contributed by atoms with van der Waals surface area (Å²) in [6, 6.07) is 14.9. The number of anilines is 1. The van der Waals surface area contributed by atoms with E-state index in [-0.39, 0.29) is 17.1 Å². The van der Waals surface area contributed by atoms with Gasteiger partial charge >= 0.3 is 0 Å². The molecule has 0 saturated carbocycles. The van der Waals surface area contributed by atoms with Crippen LogP contribution in [0.5, 0.6) is 5.75 Å². The molecular formula is C19H15FN4O2. The Balaban J connectivity index is 2.13. The molecule has 26 heavy (non-hydrogen) atoms. The molecule has 0 saturated heterocycles. The molecule has 7 heteroatoms. The highest BCUT2D eigenvalue weighted by atomic mass is 19.1. The number of nitrogens with zero attached hydrogens (tertiary/aromatic N) is 2. The van der Waals surface area contributed by atoms with Gasteiger partial charge in [-0.1, -0.05) is 30.3 Å². The predicted octanol–water partition coefficient (Wildman–Crippen LogP) is 3.18. The van der Waals surface area contributed by atoms with Crippen LogP contribution in [0.1, 0.15) is 5.69 Å². The first-order chi connectivity index (χ1) is 12.6. The smallest absolute Gasteiger partial charge is 0.251 e. The predicted molar refractivity (Wildman–Crippen MR) is 98.3 cm³/mol. The molecule has 3 rings (SSSR count). The fourth-order valence-electron chi connectivity index (χ4n) is 2.36. The molecule has 1 heterocycles. The Morgan fingerprint density at radius 1 is 1.15 bits per heavy atom. The van der Waals surface area contributed by atoms with Crippen molar-refractivity contribution in [1.29, 1.82) is 5.41 Å². The summed E-state index contributed by atoms with van der Waals surface area (Å²) < 4.78 is 15.1. The van der Waals surface area contributed by atoms with Crippen LogP contribution in [0.3, 0.4) is 0 Å². The molecule has 130 valence electrons. The van der Waals surface area contributed by atoms with Gasteiger partial charge in [0.25, 0.3) is 5.43 Å². The quantitative estimate of drug-likeness (QED) is 0.617. The molecule has 0 spiro atoms. The average molecular weight is 350 g/mol. The number of hydrogen-bond donors (Lipinski definition) is 3. The highest BCUT2D eigenvalue weighted by Crippen LogP contribution is 2.18. The molecule has 3 aromatic rings. The lowest BCUT2D eigenvalue weighted by atomic mass is 10.2. The maximum atomic E-state index is 14.0. The normalized spacial score (nSPS) is 11.2. The molecule has 0 aliphatic carbocycles. The number of allylic oxidation sites excluding steroid dienone is 1. The molecule has 0 bridgehead atoms. The molecule has 0 amide bonds. The third-order valence-corrected chi connectivity index (χ3v) is 3.56. The van der Waals surface area contributed by atoms with Crippen LogP contribution >= 0.6 is 0 Å². The van der Waals surface area contributed by atoms with E-state index in [0.29, 0.717) is 5.69 Å². The number of halogens is 1. The van der Waals surface area contributed by atoms with Gasteiger partial charge in [-0.3, -0.25) is 4.79 Å². The van der Waals surface area contributed by atoms with Crippen molar-refractivity contribution in [2.75, 3.05) is 5.32 Å². The van der Waals surface area contributed by atoms with Crippen molar-refractivity contribution in [2.45, 2.75) is 0 Å². The van der Waals surface area contributed by atoms with E-state index in [1.807, 2.05) is 6.07 Å². The summed E-state index contributed by atoms with van der Waals surface area (Å²) >= 11 is 0. The number of nitrogens with one attached hydrogen (secondary N) is 2. The summed E-state index contributed by atoms with van der Waals surface area (Å²) in [6.07, 6.45) is 3.38. The summed E-state index contributed by atoms with van der Waals surface area (Å²) in [6.45, 7) is 0. The Kier molecular flexibility index (Phi) is 4.89. The lowest BCUT2D eigenvalue weighted by molar-refractivity contribution is 0.460. The topological polar surface area (TPSA) is 91.0 Å². The summed E-state index contributed by atoms with van der Waals surface area (Å²) in [5.41, 5.74) is 0.0902. The fraction of sp³-hybridized carbons (Fsp3) is 0. The van der Waals surface area contributed by atoms with Crippen LogP contribution in [0.2, 0.25) is 0 Å². The van der Waals surface area contributed by atoms with Gasteiger partial charge in [-0.2, -0.15) is 5.10 Å². The van der Waals surface area contributed by atoms with Gasteiger partial charge in [-0.25, -0.2) is 9.07 Å². The lowest BCUT2D eigenvalue weighted by Gasteiger charge is -2.13. The average Bonchev–Trinajstić information content (AvgIpc) is 2.65. The zero-order valence-electron chi connectivity index (χ0n) is 13.6. The Morgan fingerprint density at radius 3 is 2.54 bits per heavy atom. The van der Waals surface area contributed by atoms with Crippen molar-refractivity contribution >= 4 is 17.6 Å². The van der Waals surface area contributed by atoms with E-state index in [4.69, 9.17) is 5.41 Å². The van der Waals surface area contributed by atoms with Crippen molar-refractivity contribution in [1.82, 2.24) is 9.78 Å². The molecule has 2 aromatic carbocycles. The van der Waals surface area contributed by atoms with Gasteiger partial charge in [-0.15, -0.1) is 0 Å². The second-order valence-electron chi connectivity index (χ2n) is 5.33. The van der Waals surface area contributed by atoms with Crippen molar-refractivity contribution in [2.24, 2.45) is 0 Å². The first-order valence-corrected chi connectivity index (χ1v) is 7.71. The van der Waals surface area contributed by atoms with Gasteiger partial charge < -0.3 is 15.8 Å².